The number of benzene rings is 2. The molecule has 0 radical (unpaired) electrons. The molecule has 7 heteroatoms. The van der Waals surface area contributed by atoms with E-state index >= 15 is 0 Å². The van der Waals surface area contributed by atoms with E-state index in [0.717, 1.165) is 11.1 Å². The molecule has 0 saturated heterocycles. The Hall–Kier alpha value is -3.22. The molecule has 1 amide bonds. The maximum Gasteiger partial charge on any atom is 0.316 e. The van der Waals surface area contributed by atoms with E-state index in [1.807, 2.05) is 18.2 Å². The van der Waals surface area contributed by atoms with Crippen LogP contribution in [0.3, 0.4) is 0 Å². The van der Waals surface area contributed by atoms with Crippen LogP contribution in [0.1, 0.15) is 30.5 Å². The van der Waals surface area contributed by atoms with Crippen molar-refractivity contribution < 1.29 is 19.2 Å². The van der Waals surface area contributed by atoms with Crippen LogP contribution < -0.4 is 5.32 Å². The van der Waals surface area contributed by atoms with Gasteiger partial charge in [-0.05, 0) is 44.4 Å². The summed E-state index contributed by atoms with van der Waals surface area (Å²) in [6, 6.07) is 12.0. The van der Waals surface area contributed by atoms with Crippen molar-refractivity contribution >= 4 is 23.3 Å². The van der Waals surface area contributed by atoms with E-state index < -0.39 is 28.8 Å². The van der Waals surface area contributed by atoms with Crippen molar-refractivity contribution in [3.63, 3.8) is 0 Å². The number of hydrogen-bond acceptors (Lipinski definition) is 5. The lowest BCUT2D eigenvalue weighted by Crippen LogP contribution is -2.33. The second kappa shape index (κ2) is 7.99. The molecule has 27 heavy (non-hydrogen) atoms. The Labute approximate surface area is 157 Å². The molecule has 2 rings (SSSR count). The number of anilines is 1. The number of rotatable bonds is 6. The fourth-order valence-corrected chi connectivity index (χ4v) is 2.57. The van der Waals surface area contributed by atoms with E-state index in [9.17, 15) is 19.7 Å². The summed E-state index contributed by atoms with van der Waals surface area (Å²) in [5, 5.41) is 13.7. The first kappa shape index (κ1) is 20.1. The van der Waals surface area contributed by atoms with Gasteiger partial charge in [-0.15, -0.1) is 0 Å². The molecular weight excluding hydrogens is 348 g/mol. The minimum atomic E-state index is -0.924. The Morgan fingerprint density at radius 2 is 1.74 bits per heavy atom. The average molecular weight is 370 g/mol. The van der Waals surface area contributed by atoms with Crippen LogP contribution in [0.4, 0.5) is 11.4 Å². The van der Waals surface area contributed by atoms with E-state index in [1.165, 1.54) is 6.07 Å². The van der Waals surface area contributed by atoms with Gasteiger partial charge < -0.3 is 10.1 Å². The Bertz CT molecular complexity index is 875. The van der Waals surface area contributed by atoms with Gasteiger partial charge >= 0.3 is 5.97 Å². The molecule has 0 aliphatic carbocycles. The number of nitro groups is 1. The van der Waals surface area contributed by atoms with Gasteiger partial charge in [0.05, 0.1) is 10.3 Å². The topological polar surface area (TPSA) is 98.5 Å². The van der Waals surface area contributed by atoms with E-state index in [-0.39, 0.29) is 11.4 Å². The van der Waals surface area contributed by atoms with Crippen molar-refractivity contribution in [3.8, 4) is 0 Å². The van der Waals surface area contributed by atoms with E-state index in [2.05, 4.69) is 5.32 Å². The van der Waals surface area contributed by atoms with Crippen LogP contribution in [0.2, 0.25) is 0 Å². The molecule has 1 N–H and O–H groups in total. The second-order valence-corrected chi connectivity index (χ2v) is 6.77. The van der Waals surface area contributed by atoms with Crippen molar-refractivity contribution in [2.75, 3.05) is 11.9 Å². The highest BCUT2D eigenvalue weighted by molar-refractivity contribution is 5.96. The number of nitrogens with zero attached hydrogens (tertiary/aromatic N) is 1. The molecule has 2 aromatic carbocycles. The van der Waals surface area contributed by atoms with Gasteiger partial charge in [0.25, 0.3) is 11.6 Å². The highest BCUT2D eigenvalue weighted by Crippen LogP contribution is 2.30. The van der Waals surface area contributed by atoms with Gasteiger partial charge in [-0.3, -0.25) is 19.7 Å². The van der Waals surface area contributed by atoms with Crippen LogP contribution >= 0.6 is 0 Å². The van der Waals surface area contributed by atoms with Crippen molar-refractivity contribution in [1.29, 1.82) is 0 Å². The smallest absolute Gasteiger partial charge is 0.316 e. The minimum absolute atomic E-state index is 0.114. The number of carbonyl (C=O) groups excluding carboxylic acids is 2. The van der Waals surface area contributed by atoms with Gasteiger partial charge in [-0.2, -0.15) is 0 Å². The standard InChI is InChI=1S/C20H22N2O5/c1-13-10-11-16(22(25)26)18(14(13)2)21-17(23)12-27-19(24)20(3,4)15-8-6-5-7-9-15/h5-11H,12H2,1-4H3,(H,21,23). The number of esters is 1. The largest absolute Gasteiger partial charge is 0.455 e. The lowest BCUT2D eigenvalue weighted by atomic mass is 9.85. The first-order chi connectivity index (χ1) is 12.6. The van der Waals surface area contributed by atoms with Gasteiger partial charge in [-0.1, -0.05) is 36.4 Å². The van der Waals surface area contributed by atoms with Crippen LogP contribution in [0.25, 0.3) is 0 Å². The molecule has 0 heterocycles. The van der Waals surface area contributed by atoms with E-state index in [1.54, 1.807) is 45.9 Å². The Kier molecular flexibility index (Phi) is 5.95. The Morgan fingerprint density at radius 3 is 2.33 bits per heavy atom. The summed E-state index contributed by atoms with van der Waals surface area (Å²) in [6.07, 6.45) is 0. The predicted octanol–water partition coefficient (Wildman–Crippen LogP) is 3.67. The number of amides is 1. The van der Waals surface area contributed by atoms with E-state index in [4.69, 9.17) is 4.74 Å². The molecule has 0 aromatic heterocycles. The summed E-state index contributed by atoms with van der Waals surface area (Å²) in [5.41, 5.74) is 1.14. The molecule has 0 aliphatic heterocycles. The molecule has 0 unspecified atom stereocenters. The van der Waals surface area contributed by atoms with Crippen LogP contribution in [-0.2, 0) is 19.7 Å². The van der Waals surface area contributed by atoms with Gasteiger partial charge in [0.1, 0.15) is 5.69 Å². The molecule has 0 spiro atoms. The molecule has 142 valence electrons. The molecule has 0 fully saturated rings. The highest BCUT2D eigenvalue weighted by Gasteiger charge is 2.32. The molecule has 0 saturated carbocycles. The summed E-state index contributed by atoms with van der Waals surface area (Å²) in [7, 11) is 0. The summed E-state index contributed by atoms with van der Waals surface area (Å²) in [4.78, 5) is 35.2. The minimum Gasteiger partial charge on any atom is -0.455 e. The normalized spacial score (nSPS) is 11.0. The van der Waals surface area contributed by atoms with Crippen LogP contribution in [0.5, 0.6) is 0 Å². The Balaban J connectivity index is 2.08. The van der Waals surface area contributed by atoms with E-state index in [0.29, 0.717) is 5.56 Å². The van der Waals surface area contributed by atoms with Gasteiger partial charge in [0, 0.05) is 6.07 Å². The summed E-state index contributed by atoms with van der Waals surface area (Å²) >= 11 is 0. The van der Waals surface area contributed by atoms with Crippen LogP contribution in [-0.4, -0.2) is 23.4 Å². The first-order valence-electron chi connectivity index (χ1n) is 8.41. The maximum atomic E-state index is 12.4. The predicted molar refractivity (Wildman–Crippen MR) is 102 cm³/mol. The number of ether oxygens (including phenoxy) is 1. The molecule has 7 nitrogen and oxygen atoms in total. The van der Waals surface area contributed by atoms with Crippen molar-refractivity contribution in [2.24, 2.45) is 0 Å². The second-order valence-electron chi connectivity index (χ2n) is 6.77. The highest BCUT2D eigenvalue weighted by atomic mass is 16.6. The third kappa shape index (κ3) is 4.49. The molecule has 0 bridgehead atoms. The molecular formula is C20H22N2O5. The number of nitro benzene ring substituents is 1. The maximum absolute atomic E-state index is 12.4. The third-order valence-corrected chi connectivity index (χ3v) is 4.52. The average Bonchev–Trinajstić information content (AvgIpc) is 2.64. The zero-order valence-electron chi connectivity index (χ0n) is 15.7. The van der Waals surface area contributed by atoms with Gasteiger partial charge in [0.15, 0.2) is 6.61 Å². The fraction of sp³-hybridized carbons (Fsp3) is 0.300. The molecule has 0 atom stereocenters. The quantitative estimate of drug-likeness (QED) is 0.475. The summed E-state index contributed by atoms with van der Waals surface area (Å²) < 4.78 is 5.14. The van der Waals surface area contributed by atoms with Crippen molar-refractivity contribution in [3.05, 3.63) is 69.3 Å². The van der Waals surface area contributed by atoms with Crippen molar-refractivity contribution in [2.45, 2.75) is 33.1 Å². The zero-order chi connectivity index (χ0) is 20.2. The molecule has 2 aromatic rings. The van der Waals surface area contributed by atoms with Crippen LogP contribution in [0.15, 0.2) is 42.5 Å². The van der Waals surface area contributed by atoms with Crippen LogP contribution in [0, 0.1) is 24.0 Å². The third-order valence-electron chi connectivity index (χ3n) is 4.52. The fourth-order valence-electron chi connectivity index (χ4n) is 2.57. The number of hydrogen-bond donors (Lipinski definition) is 1. The SMILES string of the molecule is Cc1ccc([N+](=O)[O-])c(NC(=O)COC(=O)C(C)(C)c2ccccc2)c1C. The summed E-state index contributed by atoms with van der Waals surface area (Å²) in [5.74, 6) is -1.19. The lowest BCUT2D eigenvalue weighted by Gasteiger charge is -2.23. The Morgan fingerprint density at radius 1 is 1.11 bits per heavy atom. The van der Waals surface area contributed by atoms with Gasteiger partial charge in [-0.25, -0.2) is 0 Å². The first-order valence-corrected chi connectivity index (χ1v) is 8.41. The summed E-state index contributed by atoms with van der Waals surface area (Å²) in [6.45, 7) is 6.36. The van der Waals surface area contributed by atoms with Crippen molar-refractivity contribution in [1.82, 2.24) is 0 Å². The van der Waals surface area contributed by atoms with Gasteiger partial charge in [0.2, 0.25) is 0 Å². The molecule has 0 aliphatic rings. The number of nitrogens with one attached hydrogen (secondary N) is 1. The number of carbonyl (C=O) groups is 2. The lowest BCUT2D eigenvalue weighted by molar-refractivity contribution is -0.384. The zero-order valence-corrected chi connectivity index (χ0v) is 15.7. The monoisotopic (exact) mass is 370 g/mol. The number of aryl methyl sites for hydroxylation is 1.